The molecule has 0 radical (unpaired) electrons. The largest absolute Gasteiger partial charge is 0.493 e. The van der Waals surface area contributed by atoms with E-state index in [1.807, 2.05) is 12.1 Å². The average Bonchev–Trinajstić information content (AvgIpc) is 2.42. The summed E-state index contributed by atoms with van der Waals surface area (Å²) in [7, 11) is 1.62. The summed E-state index contributed by atoms with van der Waals surface area (Å²) in [5.74, 6) is 1.46. The van der Waals surface area contributed by atoms with Crippen LogP contribution in [-0.2, 0) is 6.61 Å². The summed E-state index contributed by atoms with van der Waals surface area (Å²) in [5, 5.41) is 9.18. The Morgan fingerprint density at radius 3 is 2.89 bits per heavy atom. The lowest BCUT2D eigenvalue weighted by Gasteiger charge is -2.21. The zero-order valence-corrected chi connectivity index (χ0v) is 12.5. The predicted octanol–water partition coefficient (Wildman–Crippen LogP) is 3.28. The van der Waals surface area contributed by atoms with Crippen molar-refractivity contribution in [3.63, 3.8) is 0 Å². The van der Waals surface area contributed by atoms with Crippen molar-refractivity contribution in [1.29, 1.82) is 0 Å². The molecule has 0 saturated heterocycles. The third-order valence-electron chi connectivity index (χ3n) is 2.95. The molecule has 18 heavy (non-hydrogen) atoms. The topological polar surface area (TPSA) is 38.7 Å². The lowest BCUT2D eigenvalue weighted by Crippen LogP contribution is -2.16. The van der Waals surface area contributed by atoms with E-state index in [0.717, 1.165) is 34.1 Å². The van der Waals surface area contributed by atoms with Gasteiger partial charge in [0.05, 0.1) is 17.3 Å². The summed E-state index contributed by atoms with van der Waals surface area (Å²) in [6, 6.07) is 3.75. The molecule has 0 saturated carbocycles. The van der Waals surface area contributed by atoms with Gasteiger partial charge in [0.2, 0.25) is 0 Å². The third-order valence-corrected chi connectivity index (χ3v) is 3.75. The smallest absolute Gasteiger partial charge is 0.175 e. The molecule has 0 spiro atoms. The molecule has 1 unspecified atom stereocenters. The molecule has 1 aromatic rings. The minimum absolute atomic E-state index is 0.00989. The first-order valence-electron chi connectivity index (χ1n) is 6.05. The summed E-state index contributed by atoms with van der Waals surface area (Å²) < 4.78 is 12.3. The fourth-order valence-electron chi connectivity index (χ4n) is 2.01. The first-order valence-corrected chi connectivity index (χ1v) is 7.13. The van der Waals surface area contributed by atoms with Gasteiger partial charge in [0, 0.05) is 0 Å². The van der Waals surface area contributed by atoms with Crippen LogP contribution < -0.4 is 9.47 Å². The second-order valence-corrected chi connectivity index (χ2v) is 5.44. The molecule has 4 heteroatoms. The molecule has 0 fully saturated rings. The molecule has 1 atom stereocenters. The van der Waals surface area contributed by atoms with Crippen molar-refractivity contribution >= 4 is 22.6 Å². The minimum Gasteiger partial charge on any atom is -0.493 e. The highest BCUT2D eigenvalue weighted by Gasteiger charge is 2.16. The molecule has 1 aliphatic rings. The van der Waals surface area contributed by atoms with E-state index in [-0.39, 0.29) is 12.7 Å². The molecule has 0 heterocycles. The van der Waals surface area contributed by atoms with E-state index in [4.69, 9.17) is 9.47 Å². The van der Waals surface area contributed by atoms with Crippen molar-refractivity contribution in [1.82, 2.24) is 0 Å². The highest BCUT2D eigenvalue weighted by molar-refractivity contribution is 14.1. The monoisotopic (exact) mass is 360 g/mol. The number of methoxy groups -OCH3 is 1. The van der Waals surface area contributed by atoms with E-state index in [9.17, 15) is 5.11 Å². The van der Waals surface area contributed by atoms with Crippen LogP contribution in [0.5, 0.6) is 11.5 Å². The van der Waals surface area contributed by atoms with Gasteiger partial charge in [-0.05, 0) is 65.6 Å². The standard InChI is InChI=1S/C14H17IO3/c1-17-13-8-10(9-16)7-12(15)14(13)18-11-5-3-2-4-6-11/h3,5,7-8,11,16H,2,4,6,9H2,1H3. The minimum atomic E-state index is 0.00989. The normalized spacial score (nSPS) is 18.7. The van der Waals surface area contributed by atoms with Crippen molar-refractivity contribution in [3.8, 4) is 11.5 Å². The van der Waals surface area contributed by atoms with Crippen LogP contribution in [0.4, 0.5) is 0 Å². The maximum Gasteiger partial charge on any atom is 0.175 e. The zero-order chi connectivity index (χ0) is 13.0. The van der Waals surface area contributed by atoms with Crippen LogP contribution in [0, 0.1) is 3.57 Å². The van der Waals surface area contributed by atoms with Gasteiger partial charge in [-0.15, -0.1) is 0 Å². The van der Waals surface area contributed by atoms with Gasteiger partial charge < -0.3 is 14.6 Å². The van der Waals surface area contributed by atoms with Crippen molar-refractivity contribution in [2.45, 2.75) is 32.0 Å². The van der Waals surface area contributed by atoms with Crippen LogP contribution in [-0.4, -0.2) is 18.3 Å². The Kier molecular flexibility index (Phi) is 4.88. The predicted molar refractivity (Wildman–Crippen MR) is 79.0 cm³/mol. The Morgan fingerprint density at radius 2 is 2.28 bits per heavy atom. The summed E-state index contributed by atoms with van der Waals surface area (Å²) >= 11 is 2.21. The number of benzene rings is 1. The van der Waals surface area contributed by atoms with Gasteiger partial charge in [-0.2, -0.15) is 0 Å². The highest BCUT2D eigenvalue weighted by Crippen LogP contribution is 2.35. The molecule has 1 aliphatic carbocycles. The quantitative estimate of drug-likeness (QED) is 0.662. The van der Waals surface area contributed by atoms with Gasteiger partial charge in [-0.3, -0.25) is 0 Å². The number of allylic oxidation sites excluding steroid dienone is 1. The number of hydrogen-bond donors (Lipinski definition) is 1. The number of hydrogen-bond acceptors (Lipinski definition) is 3. The van der Waals surface area contributed by atoms with E-state index in [2.05, 4.69) is 34.7 Å². The van der Waals surface area contributed by atoms with Crippen LogP contribution in [0.2, 0.25) is 0 Å². The Morgan fingerprint density at radius 1 is 1.44 bits per heavy atom. The lowest BCUT2D eigenvalue weighted by atomic mass is 10.1. The van der Waals surface area contributed by atoms with Gasteiger partial charge in [0.25, 0.3) is 0 Å². The highest BCUT2D eigenvalue weighted by atomic mass is 127. The van der Waals surface area contributed by atoms with E-state index in [1.54, 1.807) is 7.11 Å². The Bertz CT molecular complexity index is 443. The number of ether oxygens (including phenoxy) is 2. The maximum absolute atomic E-state index is 9.18. The van der Waals surface area contributed by atoms with Gasteiger partial charge >= 0.3 is 0 Å². The third kappa shape index (κ3) is 3.17. The number of rotatable bonds is 4. The van der Waals surface area contributed by atoms with Crippen LogP contribution in [0.15, 0.2) is 24.3 Å². The Balaban J connectivity index is 2.25. The molecule has 0 amide bonds. The van der Waals surface area contributed by atoms with Gasteiger partial charge in [0.15, 0.2) is 11.5 Å². The Hall–Kier alpha value is -0.750. The molecule has 0 aromatic heterocycles. The Labute approximate surface area is 121 Å². The van der Waals surface area contributed by atoms with Crippen LogP contribution in [0.3, 0.4) is 0 Å². The number of aliphatic hydroxyl groups is 1. The number of halogens is 1. The van der Waals surface area contributed by atoms with E-state index in [0.29, 0.717) is 5.75 Å². The second-order valence-electron chi connectivity index (χ2n) is 4.28. The maximum atomic E-state index is 9.18. The molecular formula is C14H17IO3. The van der Waals surface area contributed by atoms with Crippen molar-refractivity contribution in [3.05, 3.63) is 33.4 Å². The fourth-order valence-corrected chi connectivity index (χ4v) is 2.80. The summed E-state index contributed by atoms with van der Waals surface area (Å²) in [6.07, 6.45) is 7.74. The first-order chi connectivity index (χ1) is 8.74. The van der Waals surface area contributed by atoms with E-state index in [1.165, 1.54) is 0 Å². The van der Waals surface area contributed by atoms with Crippen LogP contribution in [0.25, 0.3) is 0 Å². The fraction of sp³-hybridized carbons (Fsp3) is 0.429. The average molecular weight is 360 g/mol. The number of aliphatic hydroxyl groups excluding tert-OH is 1. The van der Waals surface area contributed by atoms with Crippen molar-refractivity contribution < 1.29 is 14.6 Å². The van der Waals surface area contributed by atoms with Gasteiger partial charge in [0.1, 0.15) is 6.10 Å². The zero-order valence-electron chi connectivity index (χ0n) is 10.4. The first kappa shape index (κ1) is 13.7. The molecule has 0 bridgehead atoms. The summed E-state index contributed by atoms with van der Waals surface area (Å²) in [6.45, 7) is 0.00989. The molecule has 1 N–H and O–H groups in total. The molecular weight excluding hydrogens is 343 g/mol. The van der Waals surface area contributed by atoms with Gasteiger partial charge in [-0.25, -0.2) is 0 Å². The molecule has 3 nitrogen and oxygen atoms in total. The molecule has 98 valence electrons. The van der Waals surface area contributed by atoms with Crippen LogP contribution in [0.1, 0.15) is 24.8 Å². The molecule has 1 aromatic carbocycles. The van der Waals surface area contributed by atoms with Crippen LogP contribution >= 0.6 is 22.6 Å². The second kappa shape index (κ2) is 6.43. The summed E-state index contributed by atoms with van der Waals surface area (Å²) in [5.41, 5.74) is 0.836. The van der Waals surface area contributed by atoms with E-state index >= 15 is 0 Å². The molecule has 0 aliphatic heterocycles. The SMILES string of the molecule is COc1cc(CO)cc(I)c1OC1C=CCCC1. The summed E-state index contributed by atoms with van der Waals surface area (Å²) in [4.78, 5) is 0. The van der Waals surface area contributed by atoms with Gasteiger partial charge in [-0.1, -0.05) is 6.08 Å². The van der Waals surface area contributed by atoms with E-state index < -0.39 is 0 Å². The van der Waals surface area contributed by atoms with Crippen molar-refractivity contribution in [2.24, 2.45) is 0 Å². The lowest BCUT2D eigenvalue weighted by molar-refractivity contribution is 0.217. The van der Waals surface area contributed by atoms with Crippen molar-refractivity contribution in [2.75, 3.05) is 7.11 Å². The molecule has 2 rings (SSSR count).